The van der Waals surface area contributed by atoms with Gasteiger partial charge in [0.25, 0.3) is 5.89 Å². The number of quaternary nitrogens is 1. The van der Waals surface area contributed by atoms with Crippen molar-refractivity contribution >= 4 is 0 Å². The van der Waals surface area contributed by atoms with Gasteiger partial charge >= 0.3 is 0 Å². The fourth-order valence-corrected chi connectivity index (χ4v) is 2.64. The van der Waals surface area contributed by atoms with Crippen molar-refractivity contribution in [1.29, 1.82) is 0 Å². The van der Waals surface area contributed by atoms with E-state index in [0.717, 1.165) is 18.0 Å². The zero-order valence-corrected chi connectivity index (χ0v) is 11.1. The highest BCUT2D eigenvalue weighted by Crippen LogP contribution is 2.16. The van der Waals surface area contributed by atoms with Gasteiger partial charge in [-0.25, -0.2) is 0 Å². The van der Waals surface area contributed by atoms with Crippen LogP contribution in [0.25, 0.3) is 11.5 Å². The molecule has 1 aromatic carbocycles. The van der Waals surface area contributed by atoms with Crippen molar-refractivity contribution in [2.75, 3.05) is 13.1 Å². The first-order chi connectivity index (χ1) is 9.42. The van der Waals surface area contributed by atoms with Gasteiger partial charge in [-0.05, 0) is 37.8 Å². The van der Waals surface area contributed by atoms with Gasteiger partial charge in [-0.1, -0.05) is 18.2 Å². The molecule has 0 amide bonds. The smallest absolute Gasteiger partial charge is 0.271 e. The third-order valence-corrected chi connectivity index (χ3v) is 3.70. The molecule has 19 heavy (non-hydrogen) atoms. The number of nitrogens with zero attached hydrogens (tertiary/aromatic N) is 2. The highest BCUT2D eigenvalue weighted by atomic mass is 16.4. The van der Waals surface area contributed by atoms with Crippen LogP contribution in [-0.2, 0) is 6.54 Å². The van der Waals surface area contributed by atoms with Crippen LogP contribution in [0.5, 0.6) is 0 Å². The first-order valence-corrected chi connectivity index (χ1v) is 7.13. The van der Waals surface area contributed by atoms with Crippen molar-refractivity contribution in [3.63, 3.8) is 0 Å². The maximum atomic E-state index is 5.77. The predicted molar refractivity (Wildman–Crippen MR) is 72.6 cm³/mol. The van der Waals surface area contributed by atoms with Gasteiger partial charge in [0.15, 0.2) is 6.54 Å². The molecular weight excluding hydrogens is 238 g/mol. The standard InChI is InChI=1S/C15H19N3O/c1-2-7-11-18(10-6-1)12-14-16-17-15(19-14)13-8-4-3-5-9-13/h3-5,8-9H,1-2,6-7,10-12H2/p+1. The lowest BCUT2D eigenvalue weighted by atomic mass is 10.2. The molecule has 0 atom stereocenters. The minimum atomic E-state index is 0.629. The third kappa shape index (κ3) is 3.20. The molecule has 3 rings (SSSR count). The minimum absolute atomic E-state index is 0.629. The van der Waals surface area contributed by atoms with Crippen LogP contribution in [-0.4, -0.2) is 23.3 Å². The van der Waals surface area contributed by atoms with Crippen LogP contribution >= 0.6 is 0 Å². The Morgan fingerprint density at radius 2 is 1.68 bits per heavy atom. The van der Waals surface area contributed by atoms with Gasteiger partial charge in [0, 0.05) is 5.56 Å². The lowest BCUT2D eigenvalue weighted by Crippen LogP contribution is -3.10. The molecule has 0 bridgehead atoms. The SMILES string of the molecule is c1ccc(-c2nnc(C[NH+]3CCCCCC3)o2)cc1. The Kier molecular flexibility index (Phi) is 3.89. The molecule has 4 heteroatoms. The number of aromatic nitrogens is 2. The molecule has 1 fully saturated rings. The molecule has 0 unspecified atom stereocenters. The monoisotopic (exact) mass is 258 g/mol. The van der Waals surface area contributed by atoms with Crippen LogP contribution in [0.15, 0.2) is 34.7 Å². The number of nitrogens with one attached hydrogen (secondary N) is 1. The molecule has 1 N–H and O–H groups in total. The molecule has 1 aliphatic heterocycles. The summed E-state index contributed by atoms with van der Waals surface area (Å²) in [6.45, 7) is 3.31. The fourth-order valence-electron chi connectivity index (χ4n) is 2.64. The molecule has 2 aromatic rings. The Labute approximate surface area is 113 Å². The summed E-state index contributed by atoms with van der Waals surface area (Å²) in [5, 5.41) is 8.33. The van der Waals surface area contributed by atoms with Gasteiger partial charge in [-0.3, -0.25) is 0 Å². The van der Waals surface area contributed by atoms with Crippen molar-refractivity contribution in [3.05, 3.63) is 36.2 Å². The Balaban J connectivity index is 1.68. The van der Waals surface area contributed by atoms with Gasteiger partial charge in [0.05, 0.1) is 13.1 Å². The first-order valence-electron chi connectivity index (χ1n) is 7.13. The van der Waals surface area contributed by atoms with E-state index in [1.165, 1.54) is 38.8 Å². The van der Waals surface area contributed by atoms with Crippen molar-refractivity contribution in [2.45, 2.75) is 32.2 Å². The summed E-state index contributed by atoms with van der Waals surface area (Å²) in [7, 11) is 0. The average molecular weight is 258 g/mol. The molecule has 0 saturated carbocycles. The Morgan fingerprint density at radius 1 is 0.947 bits per heavy atom. The van der Waals surface area contributed by atoms with Crippen LogP contribution in [0.3, 0.4) is 0 Å². The fraction of sp³-hybridized carbons (Fsp3) is 0.467. The van der Waals surface area contributed by atoms with Gasteiger partial charge < -0.3 is 9.32 Å². The minimum Gasteiger partial charge on any atom is -0.415 e. The summed E-state index contributed by atoms with van der Waals surface area (Å²) < 4.78 is 5.77. The summed E-state index contributed by atoms with van der Waals surface area (Å²) in [5.41, 5.74) is 0.993. The van der Waals surface area contributed by atoms with E-state index in [4.69, 9.17) is 4.42 Å². The Morgan fingerprint density at radius 3 is 2.42 bits per heavy atom. The zero-order chi connectivity index (χ0) is 12.9. The maximum absolute atomic E-state index is 5.77. The lowest BCUT2D eigenvalue weighted by Gasteiger charge is -2.13. The maximum Gasteiger partial charge on any atom is 0.271 e. The average Bonchev–Trinajstić information content (AvgIpc) is 2.76. The molecular formula is C15H20N3O+. The summed E-state index contributed by atoms with van der Waals surface area (Å²) in [6, 6.07) is 9.95. The highest BCUT2D eigenvalue weighted by molar-refractivity contribution is 5.51. The van der Waals surface area contributed by atoms with Crippen molar-refractivity contribution in [1.82, 2.24) is 10.2 Å². The zero-order valence-electron chi connectivity index (χ0n) is 11.1. The topological polar surface area (TPSA) is 43.4 Å². The predicted octanol–water partition coefficient (Wildman–Crippen LogP) is 1.70. The molecule has 2 heterocycles. The van der Waals surface area contributed by atoms with Crippen molar-refractivity contribution in [3.8, 4) is 11.5 Å². The van der Waals surface area contributed by atoms with E-state index in [9.17, 15) is 0 Å². The molecule has 0 radical (unpaired) electrons. The summed E-state index contributed by atoms with van der Waals surface area (Å²) in [5.74, 6) is 1.39. The summed E-state index contributed by atoms with van der Waals surface area (Å²) in [6.07, 6.45) is 5.36. The highest BCUT2D eigenvalue weighted by Gasteiger charge is 2.17. The number of hydrogen-bond donors (Lipinski definition) is 1. The van der Waals surface area contributed by atoms with E-state index in [2.05, 4.69) is 10.2 Å². The van der Waals surface area contributed by atoms with Gasteiger partial charge in [0.1, 0.15) is 0 Å². The van der Waals surface area contributed by atoms with Crippen molar-refractivity contribution in [2.24, 2.45) is 0 Å². The number of hydrogen-bond acceptors (Lipinski definition) is 3. The lowest BCUT2D eigenvalue weighted by molar-refractivity contribution is -0.914. The normalized spacial score (nSPS) is 17.3. The van der Waals surface area contributed by atoms with Gasteiger partial charge in [0.2, 0.25) is 5.89 Å². The molecule has 1 saturated heterocycles. The van der Waals surface area contributed by atoms with E-state index in [-0.39, 0.29) is 0 Å². The van der Waals surface area contributed by atoms with E-state index >= 15 is 0 Å². The van der Waals surface area contributed by atoms with E-state index in [1.54, 1.807) is 4.90 Å². The van der Waals surface area contributed by atoms with E-state index in [0.29, 0.717) is 5.89 Å². The molecule has 1 aromatic heterocycles. The second-order valence-electron chi connectivity index (χ2n) is 5.21. The molecule has 4 nitrogen and oxygen atoms in total. The molecule has 1 aliphatic rings. The number of rotatable bonds is 3. The van der Waals surface area contributed by atoms with E-state index in [1.807, 2.05) is 30.3 Å². The van der Waals surface area contributed by atoms with Crippen LogP contribution in [0, 0.1) is 0 Å². The third-order valence-electron chi connectivity index (χ3n) is 3.70. The molecule has 100 valence electrons. The Bertz CT molecular complexity index is 501. The van der Waals surface area contributed by atoms with Crippen LogP contribution in [0.1, 0.15) is 31.6 Å². The van der Waals surface area contributed by atoms with Crippen molar-refractivity contribution < 1.29 is 9.32 Å². The quantitative estimate of drug-likeness (QED) is 0.911. The second-order valence-corrected chi connectivity index (χ2v) is 5.21. The molecule has 0 spiro atoms. The van der Waals surface area contributed by atoms with Gasteiger partial charge in [-0.2, -0.15) is 0 Å². The van der Waals surface area contributed by atoms with Crippen LogP contribution in [0.2, 0.25) is 0 Å². The number of benzene rings is 1. The summed E-state index contributed by atoms with van der Waals surface area (Å²) >= 11 is 0. The Hall–Kier alpha value is -1.68. The first kappa shape index (κ1) is 12.4. The summed E-state index contributed by atoms with van der Waals surface area (Å²) in [4.78, 5) is 1.57. The van der Waals surface area contributed by atoms with Gasteiger partial charge in [-0.15, -0.1) is 10.2 Å². The van der Waals surface area contributed by atoms with E-state index < -0.39 is 0 Å². The van der Waals surface area contributed by atoms with Crippen LogP contribution < -0.4 is 4.90 Å². The second kappa shape index (κ2) is 5.97. The largest absolute Gasteiger partial charge is 0.415 e. The van der Waals surface area contributed by atoms with Crippen LogP contribution in [0.4, 0.5) is 0 Å². The molecule has 0 aliphatic carbocycles. The number of likely N-dealkylation sites (tertiary alicyclic amines) is 1.